The number of imide groups is 1. The number of nitrogens with one attached hydrogen (secondary N) is 2. The molecule has 1 aliphatic carbocycles. The molecule has 2 aromatic rings. The van der Waals surface area contributed by atoms with Crippen LogP contribution in [-0.4, -0.2) is 45.0 Å². The molecule has 8 nitrogen and oxygen atoms in total. The van der Waals surface area contributed by atoms with E-state index in [1.807, 2.05) is 0 Å². The zero-order chi connectivity index (χ0) is 20.4. The smallest absolute Gasteiger partial charge is 0.323 e. The van der Waals surface area contributed by atoms with Gasteiger partial charge in [0.2, 0.25) is 11.0 Å². The number of nitrogens with zero attached hydrogens (tertiary/aromatic N) is 3. The first kappa shape index (κ1) is 19.8. The zero-order valence-corrected chi connectivity index (χ0v) is 16.9. The van der Waals surface area contributed by atoms with E-state index in [9.17, 15) is 18.8 Å². The van der Waals surface area contributed by atoms with Gasteiger partial charge in [0.1, 0.15) is 17.9 Å². The molecule has 0 atom stereocenters. The summed E-state index contributed by atoms with van der Waals surface area (Å²) < 4.78 is 14.2. The molecule has 1 aliphatic heterocycles. The van der Waals surface area contributed by atoms with Gasteiger partial charge in [0.05, 0.1) is 0 Å². The van der Waals surface area contributed by atoms with Crippen LogP contribution in [0, 0.1) is 5.82 Å². The lowest BCUT2D eigenvalue weighted by atomic mass is 9.98. The van der Waals surface area contributed by atoms with Gasteiger partial charge in [-0.3, -0.25) is 19.8 Å². The number of benzene rings is 1. The molecule has 1 saturated carbocycles. The lowest BCUT2D eigenvalue weighted by Crippen LogP contribution is -2.44. The van der Waals surface area contributed by atoms with E-state index in [0.717, 1.165) is 29.1 Å². The molecular weight excluding hydrogens is 417 g/mol. The van der Waals surface area contributed by atoms with E-state index in [1.165, 1.54) is 17.8 Å². The molecule has 11 heteroatoms. The average Bonchev–Trinajstić information content (AvgIpc) is 3.39. The van der Waals surface area contributed by atoms with Crippen LogP contribution < -0.4 is 10.6 Å². The van der Waals surface area contributed by atoms with Crippen molar-refractivity contribution >= 4 is 46.1 Å². The molecule has 152 valence electrons. The summed E-state index contributed by atoms with van der Waals surface area (Å²) in [6.07, 6.45) is 2.97. The number of urea groups is 1. The first-order chi connectivity index (χ1) is 14.0. The Balaban J connectivity index is 1.32. The molecule has 2 N–H and O–H groups in total. The molecule has 4 rings (SSSR count). The fourth-order valence-corrected chi connectivity index (χ4v) is 5.27. The van der Waals surface area contributed by atoms with Crippen LogP contribution >= 0.6 is 23.1 Å². The lowest BCUT2D eigenvalue weighted by Gasteiger charge is -2.19. The van der Waals surface area contributed by atoms with Crippen LogP contribution in [0.4, 0.5) is 14.3 Å². The third kappa shape index (κ3) is 4.10. The molecule has 2 fully saturated rings. The van der Waals surface area contributed by atoms with E-state index in [0.29, 0.717) is 28.5 Å². The maximum absolute atomic E-state index is 13.7. The molecule has 4 amide bonds. The highest BCUT2D eigenvalue weighted by Crippen LogP contribution is 2.35. The quantitative estimate of drug-likeness (QED) is 0.411. The summed E-state index contributed by atoms with van der Waals surface area (Å²) in [7, 11) is 0. The van der Waals surface area contributed by atoms with Crippen molar-refractivity contribution in [2.24, 2.45) is 0 Å². The number of rotatable bonds is 6. The van der Waals surface area contributed by atoms with E-state index in [4.69, 9.17) is 0 Å². The summed E-state index contributed by atoms with van der Waals surface area (Å²) >= 11 is 2.45. The van der Waals surface area contributed by atoms with Crippen molar-refractivity contribution in [2.45, 2.75) is 41.3 Å². The number of thioether (sulfide) groups is 1. The number of amides is 4. The standard InChI is InChI=1S/C18H18FN5O3S2/c19-12-6-2-1-5-11(12)10-28-17-23-22-15(29-17)20-13(25)9-24-14(26)18(21-16(24)27)7-3-4-8-18/h1-2,5-6H,3-4,7-10H2,(H,21,27)(H,20,22,25). The number of carbonyl (C=O) groups is 3. The number of aromatic nitrogens is 2. The molecule has 2 heterocycles. The molecule has 1 aromatic heterocycles. The van der Waals surface area contributed by atoms with Crippen LogP contribution in [0.2, 0.25) is 0 Å². The normalized spacial score (nSPS) is 17.8. The van der Waals surface area contributed by atoms with Crippen molar-refractivity contribution in [3.8, 4) is 0 Å². The van der Waals surface area contributed by atoms with Crippen molar-refractivity contribution in [3.63, 3.8) is 0 Å². The molecule has 29 heavy (non-hydrogen) atoms. The fourth-order valence-electron chi connectivity index (χ4n) is 3.51. The molecule has 0 radical (unpaired) electrons. The van der Waals surface area contributed by atoms with Gasteiger partial charge in [-0.05, 0) is 24.5 Å². The Bertz CT molecular complexity index is 960. The van der Waals surface area contributed by atoms with Crippen molar-refractivity contribution in [1.82, 2.24) is 20.4 Å². The largest absolute Gasteiger partial charge is 0.325 e. The highest BCUT2D eigenvalue weighted by atomic mass is 32.2. The molecule has 1 spiro atoms. The predicted molar refractivity (Wildman–Crippen MR) is 106 cm³/mol. The minimum absolute atomic E-state index is 0.258. The Morgan fingerprint density at radius 1 is 1.28 bits per heavy atom. The summed E-state index contributed by atoms with van der Waals surface area (Å²) in [5.41, 5.74) is -0.283. The minimum atomic E-state index is -0.837. The number of halogens is 1. The molecule has 1 saturated heterocycles. The Labute approximate surface area is 174 Å². The van der Waals surface area contributed by atoms with Crippen molar-refractivity contribution in [1.29, 1.82) is 0 Å². The summed E-state index contributed by atoms with van der Waals surface area (Å²) in [5, 5.41) is 13.4. The van der Waals surface area contributed by atoms with Gasteiger partial charge in [0.15, 0.2) is 4.34 Å². The second-order valence-corrected chi connectivity index (χ2v) is 9.11. The summed E-state index contributed by atoms with van der Waals surface area (Å²) in [5.74, 6) is -0.759. The SMILES string of the molecule is O=C(CN1C(=O)NC2(CCCC2)C1=O)Nc1nnc(SCc2ccccc2F)s1. The second-order valence-electron chi connectivity index (χ2n) is 6.91. The zero-order valence-electron chi connectivity index (χ0n) is 15.3. The Kier molecular flexibility index (Phi) is 5.50. The Morgan fingerprint density at radius 2 is 2.03 bits per heavy atom. The molecule has 0 bridgehead atoms. The third-order valence-electron chi connectivity index (χ3n) is 4.97. The van der Waals surface area contributed by atoms with E-state index in [2.05, 4.69) is 20.8 Å². The Hall–Kier alpha value is -2.53. The highest BCUT2D eigenvalue weighted by Gasteiger charge is 2.52. The third-order valence-corrected chi connectivity index (χ3v) is 6.99. The van der Waals surface area contributed by atoms with Gasteiger partial charge in [-0.25, -0.2) is 9.18 Å². The summed E-state index contributed by atoms with van der Waals surface area (Å²) in [4.78, 5) is 38.0. The Morgan fingerprint density at radius 3 is 2.79 bits per heavy atom. The monoisotopic (exact) mass is 435 g/mol. The van der Waals surface area contributed by atoms with E-state index >= 15 is 0 Å². The average molecular weight is 436 g/mol. The predicted octanol–water partition coefficient (Wildman–Crippen LogP) is 2.77. The number of anilines is 1. The van der Waals surface area contributed by atoms with Gasteiger partial charge < -0.3 is 5.32 Å². The van der Waals surface area contributed by atoms with Gasteiger partial charge in [-0.1, -0.05) is 54.1 Å². The van der Waals surface area contributed by atoms with E-state index in [1.54, 1.807) is 18.2 Å². The van der Waals surface area contributed by atoms with Gasteiger partial charge >= 0.3 is 6.03 Å². The van der Waals surface area contributed by atoms with Gasteiger partial charge in [0.25, 0.3) is 5.91 Å². The van der Waals surface area contributed by atoms with Crippen LogP contribution in [0.25, 0.3) is 0 Å². The van der Waals surface area contributed by atoms with Crippen LogP contribution in [-0.2, 0) is 15.3 Å². The number of carbonyl (C=O) groups excluding carboxylic acids is 3. The van der Waals surface area contributed by atoms with Crippen LogP contribution in [0.15, 0.2) is 28.6 Å². The van der Waals surface area contributed by atoms with Crippen LogP contribution in [0.5, 0.6) is 0 Å². The van der Waals surface area contributed by atoms with E-state index < -0.39 is 17.5 Å². The van der Waals surface area contributed by atoms with Crippen LogP contribution in [0.3, 0.4) is 0 Å². The maximum atomic E-state index is 13.7. The fraction of sp³-hybridized carbons (Fsp3) is 0.389. The lowest BCUT2D eigenvalue weighted by molar-refractivity contribution is -0.133. The van der Waals surface area contributed by atoms with E-state index in [-0.39, 0.29) is 23.4 Å². The first-order valence-electron chi connectivity index (χ1n) is 9.10. The number of hydrogen-bond donors (Lipinski definition) is 2. The molecular formula is C18H18FN5O3S2. The molecule has 1 aromatic carbocycles. The maximum Gasteiger partial charge on any atom is 0.325 e. The van der Waals surface area contributed by atoms with Crippen molar-refractivity contribution in [3.05, 3.63) is 35.6 Å². The molecule has 0 unspecified atom stereocenters. The highest BCUT2D eigenvalue weighted by molar-refractivity contribution is 8.00. The molecule has 2 aliphatic rings. The van der Waals surface area contributed by atoms with Crippen molar-refractivity contribution < 1.29 is 18.8 Å². The number of hydrogen-bond acceptors (Lipinski definition) is 7. The topological polar surface area (TPSA) is 104 Å². The van der Waals surface area contributed by atoms with Gasteiger partial charge in [-0.2, -0.15) is 0 Å². The van der Waals surface area contributed by atoms with Gasteiger partial charge in [0, 0.05) is 5.75 Å². The minimum Gasteiger partial charge on any atom is -0.323 e. The summed E-state index contributed by atoms with van der Waals surface area (Å²) in [6, 6.07) is 5.94. The first-order valence-corrected chi connectivity index (χ1v) is 10.9. The van der Waals surface area contributed by atoms with Crippen molar-refractivity contribution in [2.75, 3.05) is 11.9 Å². The second kappa shape index (κ2) is 8.07. The van der Waals surface area contributed by atoms with Gasteiger partial charge in [-0.15, -0.1) is 10.2 Å². The summed E-state index contributed by atoms with van der Waals surface area (Å²) in [6.45, 7) is -0.371. The van der Waals surface area contributed by atoms with Crippen LogP contribution in [0.1, 0.15) is 31.2 Å².